The molecule has 0 amide bonds. The molecule has 1 aliphatic rings. The summed E-state index contributed by atoms with van der Waals surface area (Å²) in [6.45, 7) is 0. The van der Waals surface area contributed by atoms with E-state index in [1.165, 1.54) is 6.42 Å². The van der Waals surface area contributed by atoms with Crippen LogP contribution in [0.4, 0.5) is 11.5 Å². The second-order valence-electron chi connectivity index (χ2n) is 4.95. The number of anilines is 2. The van der Waals surface area contributed by atoms with Crippen molar-refractivity contribution in [2.24, 2.45) is 0 Å². The minimum Gasteiger partial charge on any atom is -0.399 e. The van der Waals surface area contributed by atoms with E-state index in [0.717, 1.165) is 35.2 Å². The Morgan fingerprint density at radius 2 is 2.21 bits per heavy atom. The van der Waals surface area contributed by atoms with Crippen molar-refractivity contribution >= 4 is 22.4 Å². The first-order valence-corrected chi connectivity index (χ1v) is 6.57. The van der Waals surface area contributed by atoms with E-state index >= 15 is 0 Å². The van der Waals surface area contributed by atoms with Crippen molar-refractivity contribution in [3.8, 4) is 0 Å². The quantitative estimate of drug-likeness (QED) is 0.826. The molecule has 1 aliphatic carbocycles. The lowest BCUT2D eigenvalue weighted by Crippen LogP contribution is -2.30. The molecule has 5 nitrogen and oxygen atoms in total. The predicted molar refractivity (Wildman–Crippen MR) is 76.0 cm³/mol. The van der Waals surface area contributed by atoms with Crippen LogP contribution in [0.25, 0.3) is 10.9 Å². The van der Waals surface area contributed by atoms with Crippen LogP contribution in [-0.2, 0) is 4.74 Å². The maximum absolute atomic E-state index is 5.85. The number of aromatic nitrogens is 2. The lowest BCUT2D eigenvalue weighted by molar-refractivity contribution is 0.101. The normalized spacial score (nSPS) is 22.8. The summed E-state index contributed by atoms with van der Waals surface area (Å²) in [5.74, 6) is 0.839. The van der Waals surface area contributed by atoms with Crippen molar-refractivity contribution in [1.82, 2.24) is 9.97 Å². The molecule has 5 heteroatoms. The number of hydrogen-bond donors (Lipinski definition) is 2. The van der Waals surface area contributed by atoms with Gasteiger partial charge in [-0.3, -0.25) is 0 Å². The van der Waals surface area contributed by atoms with Gasteiger partial charge in [0.2, 0.25) is 0 Å². The number of nitrogen functional groups attached to an aromatic ring is 1. The summed E-state index contributed by atoms with van der Waals surface area (Å²) in [6.07, 6.45) is 5.22. The molecule has 2 unspecified atom stereocenters. The van der Waals surface area contributed by atoms with Crippen molar-refractivity contribution in [3.63, 3.8) is 0 Å². The Hall–Kier alpha value is -1.88. The van der Waals surface area contributed by atoms with Crippen LogP contribution in [0, 0.1) is 0 Å². The monoisotopic (exact) mass is 258 g/mol. The van der Waals surface area contributed by atoms with Gasteiger partial charge in [0.15, 0.2) is 0 Å². The molecule has 1 saturated carbocycles. The average molecular weight is 258 g/mol. The third kappa shape index (κ3) is 2.33. The van der Waals surface area contributed by atoms with Gasteiger partial charge in [0.1, 0.15) is 12.1 Å². The fraction of sp³-hybridized carbons (Fsp3) is 0.429. The fourth-order valence-electron chi connectivity index (χ4n) is 2.74. The lowest BCUT2D eigenvalue weighted by Gasteiger charge is -2.20. The van der Waals surface area contributed by atoms with Crippen LogP contribution in [0.2, 0.25) is 0 Å². The number of methoxy groups -OCH3 is 1. The maximum Gasteiger partial charge on any atom is 0.137 e. The van der Waals surface area contributed by atoms with E-state index < -0.39 is 0 Å². The van der Waals surface area contributed by atoms with Gasteiger partial charge in [-0.1, -0.05) is 0 Å². The molecule has 2 atom stereocenters. The SMILES string of the molecule is COC1CCCC1Nc1ncnc2ccc(N)cc12. The molecule has 3 N–H and O–H groups in total. The second kappa shape index (κ2) is 5.01. The summed E-state index contributed by atoms with van der Waals surface area (Å²) in [5, 5.41) is 4.44. The summed E-state index contributed by atoms with van der Waals surface area (Å²) >= 11 is 0. The molecular formula is C14H18N4O. The van der Waals surface area contributed by atoms with Crippen LogP contribution in [0.15, 0.2) is 24.5 Å². The van der Waals surface area contributed by atoms with Crippen molar-refractivity contribution < 1.29 is 4.74 Å². The van der Waals surface area contributed by atoms with Crippen molar-refractivity contribution in [1.29, 1.82) is 0 Å². The Balaban J connectivity index is 1.94. The molecule has 1 fully saturated rings. The third-order valence-electron chi connectivity index (χ3n) is 3.74. The molecule has 0 spiro atoms. The Bertz CT molecular complexity index is 587. The highest BCUT2D eigenvalue weighted by atomic mass is 16.5. The first-order chi connectivity index (χ1) is 9.28. The van der Waals surface area contributed by atoms with Crippen molar-refractivity contribution in [2.45, 2.75) is 31.4 Å². The largest absolute Gasteiger partial charge is 0.399 e. The highest BCUT2D eigenvalue weighted by Crippen LogP contribution is 2.28. The zero-order chi connectivity index (χ0) is 13.2. The predicted octanol–water partition coefficient (Wildman–Crippen LogP) is 2.19. The molecule has 0 radical (unpaired) electrons. The molecular weight excluding hydrogens is 240 g/mol. The van der Waals surface area contributed by atoms with Crippen LogP contribution >= 0.6 is 0 Å². The maximum atomic E-state index is 5.85. The third-order valence-corrected chi connectivity index (χ3v) is 3.74. The van der Waals surface area contributed by atoms with E-state index in [4.69, 9.17) is 10.5 Å². The molecule has 1 aromatic heterocycles. The molecule has 0 saturated heterocycles. The van der Waals surface area contributed by atoms with E-state index in [-0.39, 0.29) is 6.10 Å². The molecule has 1 aromatic carbocycles. The lowest BCUT2D eigenvalue weighted by atomic mass is 10.1. The molecule has 19 heavy (non-hydrogen) atoms. The van der Waals surface area contributed by atoms with Gasteiger partial charge >= 0.3 is 0 Å². The number of nitrogens with one attached hydrogen (secondary N) is 1. The summed E-state index contributed by atoms with van der Waals surface area (Å²) in [7, 11) is 1.76. The Labute approximate surface area is 112 Å². The highest BCUT2D eigenvalue weighted by Gasteiger charge is 2.27. The van der Waals surface area contributed by atoms with E-state index in [9.17, 15) is 0 Å². The van der Waals surface area contributed by atoms with E-state index in [1.54, 1.807) is 13.4 Å². The number of nitrogens with zero attached hydrogens (tertiary/aromatic N) is 2. The smallest absolute Gasteiger partial charge is 0.137 e. The fourth-order valence-corrected chi connectivity index (χ4v) is 2.74. The number of rotatable bonds is 3. The van der Waals surface area contributed by atoms with E-state index in [1.807, 2.05) is 18.2 Å². The molecule has 2 aromatic rings. The zero-order valence-electron chi connectivity index (χ0n) is 11.0. The molecule has 1 heterocycles. The summed E-state index contributed by atoms with van der Waals surface area (Å²) in [5.41, 5.74) is 7.47. The topological polar surface area (TPSA) is 73.1 Å². The summed E-state index contributed by atoms with van der Waals surface area (Å²) in [4.78, 5) is 8.61. The minimum atomic E-state index is 0.256. The molecule has 3 rings (SSSR count). The van der Waals surface area contributed by atoms with Gasteiger partial charge in [-0.05, 0) is 37.5 Å². The van der Waals surface area contributed by atoms with Crippen LogP contribution in [-0.4, -0.2) is 29.2 Å². The van der Waals surface area contributed by atoms with Gasteiger partial charge in [-0.2, -0.15) is 0 Å². The first-order valence-electron chi connectivity index (χ1n) is 6.57. The van der Waals surface area contributed by atoms with Gasteiger partial charge < -0.3 is 15.8 Å². The molecule has 0 aliphatic heterocycles. The summed E-state index contributed by atoms with van der Waals surface area (Å²) < 4.78 is 5.50. The minimum absolute atomic E-state index is 0.256. The van der Waals surface area contributed by atoms with Gasteiger partial charge in [0, 0.05) is 18.2 Å². The van der Waals surface area contributed by atoms with Crippen LogP contribution in [0.1, 0.15) is 19.3 Å². The Kier molecular flexibility index (Phi) is 3.21. The average Bonchev–Trinajstić information content (AvgIpc) is 2.87. The summed E-state index contributed by atoms with van der Waals surface area (Å²) in [6, 6.07) is 5.99. The number of hydrogen-bond acceptors (Lipinski definition) is 5. The van der Waals surface area contributed by atoms with Crippen LogP contribution < -0.4 is 11.1 Å². The van der Waals surface area contributed by atoms with Crippen LogP contribution in [0.3, 0.4) is 0 Å². The standard InChI is InChI=1S/C14H18N4O/c1-19-13-4-2-3-12(13)18-14-10-7-9(15)5-6-11(10)16-8-17-14/h5-8,12-13H,2-4,15H2,1H3,(H,16,17,18). The number of fused-ring (bicyclic) bond motifs is 1. The zero-order valence-corrected chi connectivity index (χ0v) is 11.0. The van der Waals surface area contributed by atoms with E-state index in [0.29, 0.717) is 6.04 Å². The van der Waals surface area contributed by atoms with Gasteiger partial charge in [-0.25, -0.2) is 9.97 Å². The molecule has 0 bridgehead atoms. The highest BCUT2D eigenvalue weighted by molar-refractivity contribution is 5.91. The van der Waals surface area contributed by atoms with Crippen molar-refractivity contribution in [2.75, 3.05) is 18.2 Å². The van der Waals surface area contributed by atoms with Gasteiger partial charge in [-0.15, -0.1) is 0 Å². The van der Waals surface area contributed by atoms with Gasteiger partial charge in [0.05, 0.1) is 17.7 Å². The van der Waals surface area contributed by atoms with Crippen molar-refractivity contribution in [3.05, 3.63) is 24.5 Å². The second-order valence-corrected chi connectivity index (χ2v) is 4.95. The Morgan fingerprint density at radius 3 is 3.05 bits per heavy atom. The Morgan fingerprint density at radius 1 is 1.32 bits per heavy atom. The first kappa shape index (κ1) is 12.2. The molecule has 100 valence electrons. The van der Waals surface area contributed by atoms with E-state index in [2.05, 4.69) is 15.3 Å². The van der Waals surface area contributed by atoms with Crippen LogP contribution in [0.5, 0.6) is 0 Å². The number of benzene rings is 1. The van der Waals surface area contributed by atoms with Gasteiger partial charge in [0.25, 0.3) is 0 Å². The number of nitrogens with two attached hydrogens (primary N) is 1. The number of ether oxygens (including phenoxy) is 1.